The summed E-state index contributed by atoms with van der Waals surface area (Å²) in [6, 6.07) is 0. The molecule has 7 heteroatoms. The van der Waals surface area contributed by atoms with Crippen molar-refractivity contribution >= 4 is 5.91 Å². The lowest BCUT2D eigenvalue weighted by Crippen LogP contribution is -2.26. The zero-order valence-corrected chi connectivity index (χ0v) is 6.06. The van der Waals surface area contributed by atoms with Crippen LogP contribution in [0, 0.1) is 0 Å². The number of nitrogens with zero attached hydrogens (tertiary/aromatic N) is 1. The molecule has 0 aromatic carbocycles. The van der Waals surface area contributed by atoms with E-state index in [0.717, 1.165) is 0 Å². The van der Waals surface area contributed by atoms with Gasteiger partial charge in [0, 0.05) is 6.54 Å². The van der Waals surface area contributed by atoms with Gasteiger partial charge in [0.05, 0.1) is 0 Å². The molecule has 66 valence electrons. The number of hydrogen-bond acceptors (Lipinski definition) is 3. The smallest absolute Gasteiger partial charge is 0.341 e. The predicted molar refractivity (Wildman–Crippen MR) is 37.5 cm³/mol. The van der Waals surface area contributed by atoms with Crippen LogP contribution in [0.3, 0.4) is 0 Å². The number of rotatable bonds is 3. The minimum absolute atomic E-state index is 0.0896. The number of aromatic nitrogens is 3. The highest BCUT2D eigenvalue weighted by Crippen LogP contribution is 1.80. The number of carbonyl (C=O) groups excluding carboxylic acids is 1. The fourth-order valence-corrected chi connectivity index (χ4v) is 0.622. The fraction of sp³-hybridized carbons (Fsp3) is 0.400. The molecule has 0 spiro atoms. The molecule has 12 heavy (non-hydrogen) atoms. The van der Waals surface area contributed by atoms with E-state index in [4.69, 9.17) is 0 Å². The molecule has 1 heterocycles. The van der Waals surface area contributed by atoms with Crippen LogP contribution < -0.4 is 11.0 Å². The Morgan fingerprint density at radius 3 is 2.92 bits per heavy atom. The average molecular weight is 174 g/mol. The van der Waals surface area contributed by atoms with Crippen molar-refractivity contribution in [2.24, 2.45) is 0 Å². The molecular formula is C5H7FN4O2. The first-order chi connectivity index (χ1) is 5.74. The Bertz CT molecular complexity index is 317. The molecule has 3 N–H and O–H groups in total. The highest BCUT2D eigenvalue weighted by atomic mass is 19.1. The normalized spacial score (nSPS) is 9.75. The van der Waals surface area contributed by atoms with E-state index in [0.29, 0.717) is 0 Å². The molecular weight excluding hydrogens is 167 g/mol. The minimum atomic E-state index is -0.652. The van der Waals surface area contributed by atoms with Gasteiger partial charge in [-0.25, -0.2) is 14.3 Å². The quantitative estimate of drug-likeness (QED) is 0.537. The first-order valence-electron chi connectivity index (χ1n) is 3.23. The monoisotopic (exact) mass is 174 g/mol. The number of carbonyl (C=O) groups is 1. The van der Waals surface area contributed by atoms with Gasteiger partial charge in [0.2, 0.25) is 5.82 Å². The van der Waals surface area contributed by atoms with Crippen LogP contribution in [0.25, 0.3) is 0 Å². The molecule has 1 aromatic rings. The van der Waals surface area contributed by atoms with Gasteiger partial charge in [0.15, 0.2) is 0 Å². The standard InChI is InChI=1S/C5H7FN4O2/c6-1-2-7-4(11)3-8-5(12)10-9-3/h1-2H2,(H,7,11)(H2,8,9,10,12). The zero-order chi connectivity index (χ0) is 8.97. The predicted octanol–water partition coefficient (Wildman–Crippen LogP) is -1.20. The molecule has 0 fully saturated rings. The summed E-state index contributed by atoms with van der Waals surface area (Å²) < 4.78 is 11.6. The van der Waals surface area contributed by atoms with E-state index in [1.807, 2.05) is 5.10 Å². The third-order valence-electron chi connectivity index (χ3n) is 1.10. The van der Waals surface area contributed by atoms with Crippen LogP contribution in [0.2, 0.25) is 0 Å². The van der Waals surface area contributed by atoms with Crippen LogP contribution >= 0.6 is 0 Å². The summed E-state index contributed by atoms with van der Waals surface area (Å²) in [5.41, 5.74) is -0.569. The lowest BCUT2D eigenvalue weighted by Gasteiger charge is -1.96. The van der Waals surface area contributed by atoms with Crippen molar-refractivity contribution in [2.75, 3.05) is 13.2 Å². The summed E-state index contributed by atoms with van der Waals surface area (Å²) in [5, 5.41) is 7.55. The fourth-order valence-electron chi connectivity index (χ4n) is 0.622. The Hall–Kier alpha value is -1.66. The van der Waals surface area contributed by atoms with Gasteiger partial charge < -0.3 is 5.32 Å². The van der Waals surface area contributed by atoms with E-state index in [1.165, 1.54) is 0 Å². The largest absolute Gasteiger partial charge is 0.347 e. The highest BCUT2D eigenvalue weighted by Gasteiger charge is 2.07. The van der Waals surface area contributed by atoms with E-state index < -0.39 is 18.3 Å². The van der Waals surface area contributed by atoms with E-state index in [1.54, 1.807) is 0 Å². The molecule has 0 saturated carbocycles. The minimum Gasteiger partial charge on any atom is -0.347 e. The number of amides is 1. The van der Waals surface area contributed by atoms with Crippen molar-refractivity contribution in [3.63, 3.8) is 0 Å². The second-order valence-corrected chi connectivity index (χ2v) is 1.97. The number of hydrogen-bond donors (Lipinski definition) is 3. The lowest BCUT2D eigenvalue weighted by atomic mass is 10.5. The molecule has 0 unspecified atom stereocenters. The van der Waals surface area contributed by atoms with E-state index in [2.05, 4.69) is 15.4 Å². The summed E-state index contributed by atoms with van der Waals surface area (Å²) in [6.45, 7) is -0.742. The SMILES string of the molecule is O=C(NCCF)c1n[nH]c(=O)[nH]1. The number of halogens is 1. The third-order valence-corrected chi connectivity index (χ3v) is 1.10. The highest BCUT2D eigenvalue weighted by molar-refractivity contribution is 5.90. The number of H-pyrrole nitrogens is 2. The topological polar surface area (TPSA) is 90.6 Å². The van der Waals surface area contributed by atoms with Crippen LogP contribution in [-0.2, 0) is 0 Å². The van der Waals surface area contributed by atoms with E-state index in [-0.39, 0.29) is 12.4 Å². The third kappa shape index (κ3) is 1.91. The Kier molecular flexibility index (Phi) is 2.57. The van der Waals surface area contributed by atoms with Gasteiger partial charge >= 0.3 is 5.69 Å². The first kappa shape index (κ1) is 8.44. The van der Waals surface area contributed by atoms with Gasteiger partial charge in [-0.15, -0.1) is 5.10 Å². The molecule has 1 rings (SSSR count). The molecule has 0 atom stereocenters. The molecule has 0 aliphatic rings. The van der Waals surface area contributed by atoms with Crippen LogP contribution in [0.5, 0.6) is 0 Å². The zero-order valence-electron chi connectivity index (χ0n) is 6.06. The lowest BCUT2D eigenvalue weighted by molar-refractivity contribution is 0.0941. The molecule has 0 saturated heterocycles. The Morgan fingerprint density at radius 1 is 1.67 bits per heavy atom. The van der Waals surface area contributed by atoms with Gasteiger partial charge in [-0.3, -0.25) is 9.78 Å². The number of nitrogens with one attached hydrogen (secondary N) is 3. The number of alkyl halides is 1. The van der Waals surface area contributed by atoms with Crippen LogP contribution in [0.4, 0.5) is 4.39 Å². The summed E-state index contributed by atoms with van der Waals surface area (Å²) >= 11 is 0. The van der Waals surface area contributed by atoms with Gasteiger partial charge in [0.1, 0.15) is 6.67 Å². The van der Waals surface area contributed by atoms with Crippen LogP contribution in [0.15, 0.2) is 4.79 Å². The van der Waals surface area contributed by atoms with E-state index >= 15 is 0 Å². The second-order valence-electron chi connectivity index (χ2n) is 1.97. The Morgan fingerprint density at radius 2 is 2.42 bits per heavy atom. The molecule has 6 nitrogen and oxygen atoms in total. The van der Waals surface area contributed by atoms with Gasteiger partial charge in [-0.05, 0) is 0 Å². The molecule has 0 bridgehead atoms. The maximum absolute atomic E-state index is 11.6. The maximum Gasteiger partial charge on any atom is 0.341 e. The Labute approximate surface area is 66.2 Å². The van der Waals surface area contributed by atoms with Crippen molar-refractivity contribution in [2.45, 2.75) is 0 Å². The first-order valence-corrected chi connectivity index (χ1v) is 3.23. The Balaban J connectivity index is 2.59. The maximum atomic E-state index is 11.6. The summed E-state index contributed by atoms with van der Waals surface area (Å²) in [7, 11) is 0. The summed E-state index contributed by atoms with van der Waals surface area (Å²) in [6.07, 6.45) is 0. The molecule has 0 aliphatic heterocycles. The molecule has 0 radical (unpaired) electrons. The van der Waals surface area contributed by atoms with E-state index in [9.17, 15) is 14.0 Å². The van der Waals surface area contributed by atoms with Gasteiger partial charge in [-0.1, -0.05) is 0 Å². The average Bonchev–Trinajstić information content (AvgIpc) is 2.47. The number of aromatic amines is 2. The van der Waals surface area contributed by atoms with Crippen LogP contribution in [0.1, 0.15) is 10.6 Å². The van der Waals surface area contributed by atoms with Crippen molar-refractivity contribution in [1.82, 2.24) is 20.5 Å². The molecule has 0 aliphatic carbocycles. The summed E-state index contributed by atoms with van der Waals surface area (Å²) in [5.74, 6) is -0.751. The molecule has 1 amide bonds. The van der Waals surface area contributed by atoms with Crippen molar-refractivity contribution in [1.29, 1.82) is 0 Å². The summed E-state index contributed by atoms with van der Waals surface area (Å²) in [4.78, 5) is 23.5. The second kappa shape index (κ2) is 3.65. The van der Waals surface area contributed by atoms with Crippen molar-refractivity contribution in [3.8, 4) is 0 Å². The van der Waals surface area contributed by atoms with Gasteiger partial charge in [-0.2, -0.15) is 0 Å². The van der Waals surface area contributed by atoms with Crippen molar-refractivity contribution in [3.05, 3.63) is 16.3 Å². The molecule has 1 aromatic heterocycles. The van der Waals surface area contributed by atoms with Gasteiger partial charge in [0.25, 0.3) is 5.91 Å². The van der Waals surface area contributed by atoms with Crippen LogP contribution in [-0.4, -0.2) is 34.3 Å². The van der Waals surface area contributed by atoms with Crippen molar-refractivity contribution < 1.29 is 9.18 Å².